The molecule has 2 rings (SSSR count). The van der Waals surface area contributed by atoms with Gasteiger partial charge in [0.2, 0.25) is 0 Å². The van der Waals surface area contributed by atoms with E-state index in [0.29, 0.717) is 24.8 Å². The number of alkyl halides is 3. The van der Waals surface area contributed by atoms with Gasteiger partial charge in [-0.25, -0.2) is 0 Å². The van der Waals surface area contributed by atoms with Gasteiger partial charge < -0.3 is 10.1 Å². The first kappa shape index (κ1) is 15.6. The van der Waals surface area contributed by atoms with Gasteiger partial charge in [0.25, 0.3) is 0 Å². The fourth-order valence-corrected chi connectivity index (χ4v) is 2.61. The Bertz CT molecular complexity index is 537. The largest absolute Gasteiger partial charge is 0.417 e. The summed E-state index contributed by atoms with van der Waals surface area (Å²) < 4.78 is 44.2. The lowest BCUT2D eigenvalue weighted by Crippen LogP contribution is -2.23. The monoisotopic (exact) mass is 298 g/mol. The minimum Gasteiger partial charge on any atom is -0.385 e. The number of rotatable bonds is 4. The van der Waals surface area contributed by atoms with E-state index in [2.05, 4.69) is 5.32 Å². The number of ether oxygens (including phenoxy) is 1. The highest BCUT2D eigenvalue weighted by Gasteiger charge is 2.34. The van der Waals surface area contributed by atoms with E-state index in [1.807, 2.05) is 6.92 Å². The molecule has 0 spiro atoms. The Morgan fingerprint density at radius 3 is 2.81 bits per heavy atom. The van der Waals surface area contributed by atoms with Gasteiger partial charge >= 0.3 is 6.18 Å². The Balaban J connectivity index is 2.09. The summed E-state index contributed by atoms with van der Waals surface area (Å²) in [6.45, 7) is 3.31. The maximum Gasteiger partial charge on any atom is 0.417 e. The van der Waals surface area contributed by atoms with Gasteiger partial charge in [-0.3, -0.25) is 0 Å². The second kappa shape index (κ2) is 6.35. The van der Waals surface area contributed by atoms with Crippen LogP contribution in [0.15, 0.2) is 18.2 Å². The molecule has 0 bridgehead atoms. The van der Waals surface area contributed by atoms with Gasteiger partial charge in [-0.05, 0) is 31.0 Å². The Kier molecular flexibility index (Phi) is 4.73. The van der Waals surface area contributed by atoms with Gasteiger partial charge in [0.05, 0.1) is 23.3 Å². The number of benzene rings is 1. The molecule has 0 radical (unpaired) electrons. The Labute approximate surface area is 121 Å². The standard InChI is InChI=1S/C15H17F3N2O/c1-2-14-11(5-6-21-14)9-20-12-4-3-10(8-19)13(7-12)15(16,17)18/h3-4,7,11,14,20H,2,5-6,9H2,1H3. The van der Waals surface area contributed by atoms with E-state index in [1.54, 1.807) is 6.07 Å². The molecule has 1 aliphatic heterocycles. The molecular formula is C15H17F3N2O. The molecule has 2 unspecified atom stereocenters. The van der Waals surface area contributed by atoms with Gasteiger partial charge in [-0.15, -0.1) is 0 Å². The second-order valence-electron chi connectivity index (χ2n) is 5.12. The first-order valence-electron chi connectivity index (χ1n) is 6.92. The zero-order chi connectivity index (χ0) is 15.5. The highest BCUT2D eigenvalue weighted by atomic mass is 19.4. The van der Waals surface area contributed by atoms with Crippen molar-refractivity contribution in [3.05, 3.63) is 29.3 Å². The summed E-state index contributed by atoms with van der Waals surface area (Å²) in [5.41, 5.74) is -0.878. The van der Waals surface area contributed by atoms with E-state index in [-0.39, 0.29) is 11.7 Å². The number of halogens is 3. The smallest absolute Gasteiger partial charge is 0.385 e. The molecular weight excluding hydrogens is 281 g/mol. The minimum absolute atomic E-state index is 0.165. The predicted octanol–water partition coefficient (Wildman–Crippen LogP) is 3.80. The van der Waals surface area contributed by atoms with Gasteiger partial charge in [-0.1, -0.05) is 6.92 Å². The molecule has 1 aromatic rings. The van der Waals surface area contributed by atoms with Gasteiger partial charge in [0.1, 0.15) is 0 Å². The number of nitrogens with one attached hydrogen (secondary N) is 1. The van der Waals surface area contributed by atoms with Crippen molar-refractivity contribution in [1.29, 1.82) is 5.26 Å². The SMILES string of the molecule is CCC1OCCC1CNc1ccc(C#N)c(C(F)(F)F)c1. The van der Waals surface area contributed by atoms with Crippen LogP contribution < -0.4 is 5.32 Å². The van der Waals surface area contributed by atoms with Crippen LogP contribution in [0.4, 0.5) is 18.9 Å². The molecule has 1 aromatic carbocycles. The van der Waals surface area contributed by atoms with Gasteiger partial charge in [0.15, 0.2) is 0 Å². The molecule has 0 aliphatic carbocycles. The van der Waals surface area contributed by atoms with E-state index in [9.17, 15) is 13.2 Å². The predicted molar refractivity (Wildman–Crippen MR) is 72.8 cm³/mol. The Morgan fingerprint density at radius 2 is 2.19 bits per heavy atom. The molecule has 1 saturated heterocycles. The maximum absolute atomic E-state index is 12.9. The van der Waals surface area contributed by atoms with Crippen molar-refractivity contribution in [2.24, 2.45) is 5.92 Å². The highest BCUT2D eigenvalue weighted by molar-refractivity contribution is 5.53. The van der Waals surface area contributed by atoms with Crippen LogP contribution in [0, 0.1) is 17.2 Å². The van der Waals surface area contributed by atoms with Gasteiger partial charge in [-0.2, -0.15) is 18.4 Å². The van der Waals surface area contributed by atoms with Crippen LogP contribution in [-0.4, -0.2) is 19.3 Å². The lowest BCUT2D eigenvalue weighted by molar-refractivity contribution is -0.137. The summed E-state index contributed by atoms with van der Waals surface area (Å²) in [5, 5.41) is 11.8. The third-order valence-electron chi connectivity index (χ3n) is 3.76. The van der Waals surface area contributed by atoms with Crippen LogP contribution in [0.5, 0.6) is 0 Å². The summed E-state index contributed by atoms with van der Waals surface area (Å²) in [6, 6.07) is 5.28. The number of nitriles is 1. The molecule has 0 saturated carbocycles. The van der Waals surface area contributed by atoms with Crippen LogP contribution >= 0.6 is 0 Å². The molecule has 114 valence electrons. The average molecular weight is 298 g/mol. The van der Waals surface area contributed by atoms with Crippen molar-refractivity contribution < 1.29 is 17.9 Å². The number of anilines is 1. The fourth-order valence-electron chi connectivity index (χ4n) is 2.61. The average Bonchev–Trinajstić information content (AvgIpc) is 2.91. The third-order valence-corrected chi connectivity index (χ3v) is 3.76. The molecule has 1 heterocycles. The fraction of sp³-hybridized carbons (Fsp3) is 0.533. The highest BCUT2D eigenvalue weighted by Crippen LogP contribution is 2.33. The van der Waals surface area contributed by atoms with E-state index in [1.165, 1.54) is 12.1 Å². The molecule has 21 heavy (non-hydrogen) atoms. The van der Waals surface area contributed by atoms with Crippen molar-refractivity contribution >= 4 is 5.69 Å². The molecule has 0 amide bonds. The molecule has 2 atom stereocenters. The Hall–Kier alpha value is -1.74. The van der Waals surface area contributed by atoms with E-state index >= 15 is 0 Å². The first-order valence-corrected chi connectivity index (χ1v) is 6.92. The van der Waals surface area contributed by atoms with Crippen LogP contribution in [-0.2, 0) is 10.9 Å². The normalized spacial score (nSPS) is 22.0. The lowest BCUT2D eigenvalue weighted by Gasteiger charge is -2.18. The third kappa shape index (κ3) is 3.67. The number of hydrogen-bond donors (Lipinski definition) is 1. The zero-order valence-electron chi connectivity index (χ0n) is 11.7. The first-order chi connectivity index (χ1) is 9.95. The van der Waals surface area contributed by atoms with Crippen LogP contribution in [0.1, 0.15) is 30.9 Å². The van der Waals surface area contributed by atoms with E-state index in [4.69, 9.17) is 10.00 Å². The molecule has 1 N–H and O–H groups in total. The summed E-state index contributed by atoms with van der Waals surface area (Å²) in [6.07, 6.45) is -2.55. The summed E-state index contributed by atoms with van der Waals surface area (Å²) in [5.74, 6) is 0.306. The zero-order valence-corrected chi connectivity index (χ0v) is 11.7. The second-order valence-corrected chi connectivity index (χ2v) is 5.12. The van der Waals surface area contributed by atoms with Crippen LogP contribution in [0.25, 0.3) is 0 Å². The van der Waals surface area contributed by atoms with Gasteiger partial charge in [0, 0.05) is 24.8 Å². The summed E-state index contributed by atoms with van der Waals surface area (Å²) >= 11 is 0. The molecule has 0 aromatic heterocycles. The van der Waals surface area contributed by atoms with Crippen molar-refractivity contribution in [3.63, 3.8) is 0 Å². The molecule has 1 aliphatic rings. The van der Waals surface area contributed by atoms with Crippen molar-refractivity contribution in [2.75, 3.05) is 18.5 Å². The van der Waals surface area contributed by atoms with E-state index < -0.39 is 11.7 Å². The van der Waals surface area contributed by atoms with Crippen LogP contribution in [0.2, 0.25) is 0 Å². The lowest BCUT2D eigenvalue weighted by atomic mass is 9.99. The van der Waals surface area contributed by atoms with Crippen LogP contribution in [0.3, 0.4) is 0 Å². The number of nitrogens with zero attached hydrogens (tertiary/aromatic N) is 1. The van der Waals surface area contributed by atoms with Crippen molar-refractivity contribution in [1.82, 2.24) is 0 Å². The minimum atomic E-state index is -4.52. The van der Waals surface area contributed by atoms with Crippen molar-refractivity contribution in [3.8, 4) is 6.07 Å². The molecule has 6 heteroatoms. The Morgan fingerprint density at radius 1 is 1.43 bits per heavy atom. The van der Waals surface area contributed by atoms with Crippen molar-refractivity contribution in [2.45, 2.75) is 32.0 Å². The molecule has 1 fully saturated rings. The summed E-state index contributed by atoms with van der Waals surface area (Å²) in [7, 11) is 0. The van der Waals surface area contributed by atoms with E-state index in [0.717, 1.165) is 18.9 Å². The maximum atomic E-state index is 12.9. The summed E-state index contributed by atoms with van der Waals surface area (Å²) in [4.78, 5) is 0. The number of hydrogen-bond acceptors (Lipinski definition) is 3. The molecule has 3 nitrogen and oxygen atoms in total. The quantitative estimate of drug-likeness (QED) is 0.919. The topological polar surface area (TPSA) is 45.0 Å².